The van der Waals surface area contributed by atoms with E-state index in [-0.39, 0.29) is 6.42 Å². The lowest BCUT2D eigenvalue weighted by molar-refractivity contribution is -0.137. The van der Waals surface area contributed by atoms with Gasteiger partial charge in [0.2, 0.25) is 5.88 Å². The average Bonchev–Trinajstić information content (AvgIpc) is 3.25. The second kappa shape index (κ2) is 9.59. The zero-order valence-corrected chi connectivity index (χ0v) is 17.6. The molecular formula is C23H27N5O3. The Morgan fingerprint density at radius 3 is 3.00 bits per heavy atom. The second-order valence-electron chi connectivity index (χ2n) is 7.71. The molecule has 0 saturated heterocycles. The first-order valence-electron chi connectivity index (χ1n) is 10.6. The van der Waals surface area contributed by atoms with Crippen LogP contribution in [0.2, 0.25) is 0 Å². The van der Waals surface area contributed by atoms with Crippen LogP contribution < -0.4 is 10.1 Å². The van der Waals surface area contributed by atoms with Crippen molar-refractivity contribution >= 4 is 11.8 Å². The molecule has 1 aliphatic heterocycles. The lowest BCUT2D eigenvalue weighted by Gasteiger charge is -2.20. The second-order valence-corrected chi connectivity index (χ2v) is 7.71. The Morgan fingerprint density at radius 2 is 2.16 bits per heavy atom. The Hall–Kier alpha value is -3.42. The third-order valence-electron chi connectivity index (χ3n) is 5.59. The van der Waals surface area contributed by atoms with E-state index in [4.69, 9.17) is 9.72 Å². The number of hydrogen-bond acceptors (Lipinski definition) is 6. The number of nitrogens with one attached hydrogen (secondary N) is 1. The number of rotatable bonds is 9. The Balaban J connectivity index is 1.48. The summed E-state index contributed by atoms with van der Waals surface area (Å²) in [5.74, 6) is 0.587. The molecule has 3 aromatic rings. The van der Waals surface area contributed by atoms with Gasteiger partial charge in [-0.1, -0.05) is 6.07 Å². The van der Waals surface area contributed by atoms with Gasteiger partial charge in [0.1, 0.15) is 5.82 Å². The number of aryl methyl sites for hydroxylation is 3. The Bertz CT molecular complexity index is 1050. The first-order chi connectivity index (χ1) is 15.1. The van der Waals surface area contributed by atoms with Crippen LogP contribution in [0.15, 0.2) is 42.7 Å². The van der Waals surface area contributed by atoms with E-state index in [1.165, 1.54) is 5.56 Å². The number of fused-ring (bicyclic) bond motifs is 1. The highest BCUT2D eigenvalue weighted by atomic mass is 16.5. The first-order valence-corrected chi connectivity index (χ1v) is 10.6. The van der Waals surface area contributed by atoms with Crippen LogP contribution in [0.25, 0.3) is 0 Å². The number of carbonyl (C=O) groups is 1. The van der Waals surface area contributed by atoms with Crippen LogP contribution in [0, 0.1) is 0 Å². The molecule has 0 bridgehead atoms. The molecule has 8 nitrogen and oxygen atoms in total. The molecule has 1 aliphatic rings. The predicted molar refractivity (Wildman–Crippen MR) is 116 cm³/mol. The molecule has 4 rings (SSSR count). The van der Waals surface area contributed by atoms with Crippen molar-refractivity contribution in [3.63, 3.8) is 0 Å². The summed E-state index contributed by atoms with van der Waals surface area (Å²) in [6, 6.07) is 9.39. The van der Waals surface area contributed by atoms with E-state index in [0.29, 0.717) is 5.88 Å². The lowest BCUT2D eigenvalue weighted by Crippen LogP contribution is -2.19. The molecule has 2 N–H and O–H groups in total. The van der Waals surface area contributed by atoms with Gasteiger partial charge >= 0.3 is 5.97 Å². The molecule has 31 heavy (non-hydrogen) atoms. The molecule has 0 saturated carbocycles. The van der Waals surface area contributed by atoms with Gasteiger partial charge in [-0.3, -0.25) is 9.48 Å². The smallest absolute Gasteiger partial charge is 0.305 e. The monoisotopic (exact) mass is 421 g/mol. The summed E-state index contributed by atoms with van der Waals surface area (Å²) in [4.78, 5) is 20.4. The van der Waals surface area contributed by atoms with Gasteiger partial charge in [-0.2, -0.15) is 5.10 Å². The van der Waals surface area contributed by atoms with Crippen molar-refractivity contribution in [3.8, 4) is 5.88 Å². The van der Waals surface area contributed by atoms with Crippen molar-refractivity contribution in [2.75, 3.05) is 19.0 Å². The third kappa shape index (κ3) is 5.02. The Labute approximate surface area is 181 Å². The van der Waals surface area contributed by atoms with Gasteiger partial charge in [0.05, 0.1) is 19.6 Å². The fraction of sp³-hybridized carbons (Fsp3) is 0.391. The van der Waals surface area contributed by atoms with Gasteiger partial charge in [-0.25, -0.2) is 9.97 Å². The van der Waals surface area contributed by atoms with E-state index in [9.17, 15) is 9.90 Å². The van der Waals surface area contributed by atoms with Crippen LogP contribution in [0.4, 0.5) is 5.82 Å². The van der Waals surface area contributed by atoms with Crippen molar-refractivity contribution in [2.45, 2.75) is 44.6 Å². The predicted octanol–water partition coefficient (Wildman–Crippen LogP) is 3.28. The van der Waals surface area contributed by atoms with Crippen LogP contribution in [0.3, 0.4) is 0 Å². The van der Waals surface area contributed by atoms with Gasteiger partial charge < -0.3 is 15.2 Å². The largest absolute Gasteiger partial charge is 0.481 e. The molecule has 3 aromatic heterocycles. The van der Waals surface area contributed by atoms with Crippen molar-refractivity contribution in [2.24, 2.45) is 0 Å². The quantitative estimate of drug-likeness (QED) is 0.547. The molecule has 0 radical (unpaired) electrons. The van der Waals surface area contributed by atoms with Crippen LogP contribution in [-0.2, 0) is 24.1 Å². The molecule has 0 spiro atoms. The molecule has 0 fully saturated rings. The Morgan fingerprint density at radius 1 is 1.26 bits per heavy atom. The van der Waals surface area contributed by atoms with E-state index in [1.54, 1.807) is 25.6 Å². The van der Waals surface area contributed by atoms with E-state index in [1.807, 2.05) is 16.8 Å². The summed E-state index contributed by atoms with van der Waals surface area (Å²) in [7, 11) is 1.54. The number of carboxylic acids is 1. The van der Waals surface area contributed by atoms with Gasteiger partial charge in [0.25, 0.3) is 0 Å². The van der Waals surface area contributed by atoms with Crippen molar-refractivity contribution in [1.82, 2.24) is 19.7 Å². The SMILES string of the molecule is COc1cc(C(CC(=O)O)n2nccc2CCCc2ccc3c(n2)NCCC3)ccn1. The van der Waals surface area contributed by atoms with E-state index in [2.05, 4.69) is 27.5 Å². The van der Waals surface area contributed by atoms with Crippen LogP contribution in [-0.4, -0.2) is 44.5 Å². The van der Waals surface area contributed by atoms with Crippen LogP contribution >= 0.6 is 0 Å². The highest BCUT2D eigenvalue weighted by Gasteiger charge is 2.21. The normalized spacial score (nSPS) is 13.8. The van der Waals surface area contributed by atoms with Crippen molar-refractivity contribution in [3.05, 3.63) is 65.2 Å². The summed E-state index contributed by atoms with van der Waals surface area (Å²) in [5, 5.41) is 17.3. The molecule has 162 valence electrons. The Kier molecular flexibility index (Phi) is 6.45. The average molecular weight is 422 g/mol. The highest BCUT2D eigenvalue weighted by molar-refractivity contribution is 5.68. The molecule has 4 heterocycles. The zero-order valence-electron chi connectivity index (χ0n) is 17.6. The van der Waals surface area contributed by atoms with E-state index >= 15 is 0 Å². The summed E-state index contributed by atoms with van der Waals surface area (Å²) in [5.41, 5.74) is 4.16. The number of anilines is 1. The van der Waals surface area contributed by atoms with Gasteiger partial charge in [-0.05, 0) is 61.4 Å². The molecule has 0 aromatic carbocycles. The molecule has 0 amide bonds. The van der Waals surface area contributed by atoms with Crippen molar-refractivity contribution < 1.29 is 14.6 Å². The fourth-order valence-corrected chi connectivity index (χ4v) is 4.03. The minimum Gasteiger partial charge on any atom is -0.481 e. The number of carboxylic acid groups (broad SMARTS) is 1. The molecule has 8 heteroatoms. The third-order valence-corrected chi connectivity index (χ3v) is 5.59. The van der Waals surface area contributed by atoms with Crippen LogP contribution in [0.1, 0.15) is 47.8 Å². The highest BCUT2D eigenvalue weighted by Crippen LogP contribution is 2.26. The molecule has 1 unspecified atom stereocenters. The van der Waals surface area contributed by atoms with Crippen LogP contribution in [0.5, 0.6) is 5.88 Å². The first kappa shape index (κ1) is 20.8. The fourth-order valence-electron chi connectivity index (χ4n) is 4.03. The van der Waals surface area contributed by atoms with E-state index in [0.717, 1.165) is 61.4 Å². The number of ether oxygens (including phenoxy) is 1. The van der Waals surface area contributed by atoms with Gasteiger partial charge in [-0.15, -0.1) is 0 Å². The zero-order chi connectivity index (χ0) is 21.6. The number of nitrogens with zero attached hydrogens (tertiary/aromatic N) is 4. The standard InChI is InChI=1S/C23H27N5O3/c1-31-21-14-17(9-12-24-21)20(15-22(29)30)28-19(10-13-26-28)6-2-5-18-8-7-16-4-3-11-25-23(16)27-18/h7-10,12-14,20H,2-6,11,15H2,1H3,(H,25,27)(H,29,30). The number of methoxy groups -OCH3 is 1. The molecule has 1 atom stereocenters. The molecule has 0 aliphatic carbocycles. The lowest BCUT2D eigenvalue weighted by atomic mass is 10.0. The summed E-state index contributed by atoms with van der Waals surface area (Å²) in [6.45, 7) is 0.980. The molecular weight excluding hydrogens is 394 g/mol. The van der Waals surface area contributed by atoms with Crippen molar-refractivity contribution in [1.29, 1.82) is 0 Å². The number of hydrogen-bond donors (Lipinski definition) is 2. The summed E-state index contributed by atoms with van der Waals surface area (Å²) in [6.07, 6.45) is 8.05. The number of aliphatic carboxylic acids is 1. The summed E-state index contributed by atoms with van der Waals surface area (Å²) >= 11 is 0. The maximum absolute atomic E-state index is 11.6. The maximum atomic E-state index is 11.6. The maximum Gasteiger partial charge on any atom is 0.305 e. The minimum absolute atomic E-state index is 0.0695. The minimum atomic E-state index is -0.881. The van der Waals surface area contributed by atoms with E-state index < -0.39 is 12.0 Å². The number of aromatic nitrogens is 4. The topological polar surface area (TPSA) is 102 Å². The number of pyridine rings is 2. The van der Waals surface area contributed by atoms with Gasteiger partial charge in [0.15, 0.2) is 0 Å². The summed E-state index contributed by atoms with van der Waals surface area (Å²) < 4.78 is 7.02. The van der Waals surface area contributed by atoms with Gasteiger partial charge in [0, 0.05) is 36.4 Å².